The van der Waals surface area contributed by atoms with Crippen LogP contribution in [0.2, 0.25) is 0 Å². The Kier molecular flexibility index (Phi) is 4.07. The molecule has 1 N–H and O–H groups in total. The Hall–Kier alpha value is -1.90. The Morgan fingerprint density at radius 3 is 2.20 bits per heavy atom. The molecule has 1 saturated heterocycles. The summed E-state index contributed by atoms with van der Waals surface area (Å²) in [5, 5.41) is 8.72. The van der Waals surface area contributed by atoms with Crippen molar-refractivity contribution in [2.45, 2.75) is 6.18 Å². The molecule has 6 nitrogen and oxygen atoms in total. The third kappa shape index (κ3) is 3.80. The summed E-state index contributed by atoms with van der Waals surface area (Å²) in [5.41, 5.74) is -0.0237. The van der Waals surface area contributed by atoms with Crippen molar-refractivity contribution in [1.82, 2.24) is 14.9 Å². The van der Waals surface area contributed by atoms with Gasteiger partial charge in [0.2, 0.25) is 5.95 Å². The van der Waals surface area contributed by atoms with Crippen molar-refractivity contribution in [3.63, 3.8) is 0 Å². The van der Waals surface area contributed by atoms with E-state index in [-0.39, 0.29) is 18.7 Å². The fraction of sp³-hybridized carbons (Fsp3) is 0.545. The Morgan fingerprint density at radius 2 is 1.75 bits per heavy atom. The van der Waals surface area contributed by atoms with Gasteiger partial charge in [0.1, 0.15) is 0 Å². The van der Waals surface area contributed by atoms with E-state index in [2.05, 4.69) is 9.97 Å². The first-order valence-corrected chi connectivity index (χ1v) is 5.94. The second kappa shape index (κ2) is 5.61. The summed E-state index contributed by atoms with van der Waals surface area (Å²) in [6.45, 7) is 0.373. The Bertz CT molecular complexity index is 470. The molecule has 1 aliphatic rings. The van der Waals surface area contributed by atoms with Gasteiger partial charge in [0.15, 0.2) is 0 Å². The molecule has 0 bridgehead atoms. The number of rotatable bonds is 3. The lowest BCUT2D eigenvalue weighted by atomic mass is 10.3. The van der Waals surface area contributed by atoms with E-state index >= 15 is 0 Å². The highest BCUT2D eigenvalue weighted by Crippen LogP contribution is 2.18. The normalized spacial score (nSPS) is 17.2. The molecule has 0 aliphatic carbocycles. The number of aromatic nitrogens is 2. The molecule has 1 aliphatic heterocycles. The van der Waals surface area contributed by atoms with Crippen LogP contribution >= 0.6 is 0 Å². The van der Waals surface area contributed by atoms with Crippen LogP contribution in [0.5, 0.6) is 0 Å². The zero-order valence-corrected chi connectivity index (χ0v) is 10.5. The molecule has 9 heteroatoms. The monoisotopic (exact) mass is 290 g/mol. The molecule has 0 radical (unpaired) electrons. The summed E-state index contributed by atoms with van der Waals surface area (Å²) in [7, 11) is 0. The van der Waals surface area contributed by atoms with E-state index in [9.17, 15) is 18.0 Å². The summed E-state index contributed by atoms with van der Waals surface area (Å²) >= 11 is 0. The van der Waals surface area contributed by atoms with Gasteiger partial charge >= 0.3 is 12.1 Å². The van der Waals surface area contributed by atoms with Crippen LogP contribution in [0.4, 0.5) is 19.1 Å². The van der Waals surface area contributed by atoms with Gasteiger partial charge in [0.25, 0.3) is 0 Å². The molecule has 110 valence electrons. The first-order valence-electron chi connectivity index (χ1n) is 5.94. The minimum absolute atomic E-state index is 0.0237. The SMILES string of the molecule is O=C(O)c1cnc(N2CCN(CC(F)(F)F)CC2)nc1. The van der Waals surface area contributed by atoms with Crippen molar-refractivity contribution in [1.29, 1.82) is 0 Å². The van der Waals surface area contributed by atoms with E-state index in [4.69, 9.17) is 5.11 Å². The largest absolute Gasteiger partial charge is 0.478 e. The maximum atomic E-state index is 12.2. The van der Waals surface area contributed by atoms with Gasteiger partial charge in [-0.2, -0.15) is 13.2 Å². The van der Waals surface area contributed by atoms with Gasteiger partial charge in [-0.1, -0.05) is 0 Å². The average molecular weight is 290 g/mol. The van der Waals surface area contributed by atoms with Crippen molar-refractivity contribution in [3.8, 4) is 0 Å². The number of halogens is 3. The van der Waals surface area contributed by atoms with Crippen LogP contribution in [0.3, 0.4) is 0 Å². The van der Waals surface area contributed by atoms with Gasteiger partial charge in [-0.3, -0.25) is 4.90 Å². The third-order valence-corrected chi connectivity index (χ3v) is 2.94. The number of anilines is 1. The van der Waals surface area contributed by atoms with Crippen molar-refractivity contribution >= 4 is 11.9 Å². The Balaban J connectivity index is 1.92. The van der Waals surface area contributed by atoms with Gasteiger partial charge in [-0.25, -0.2) is 14.8 Å². The van der Waals surface area contributed by atoms with E-state index in [1.165, 1.54) is 17.3 Å². The fourth-order valence-corrected chi connectivity index (χ4v) is 1.95. The van der Waals surface area contributed by atoms with Crippen LogP contribution in [0.25, 0.3) is 0 Å². The Morgan fingerprint density at radius 1 is 1.20 bits per heavy atom. The number of carboxylic acid groups (broad SMARTS) is 1. The first kappa shape index (κ1) is 14.5. The lowest BCUT2D eigenvalue weighted by Crippen LogP contribution is -2.49. The summed E-state index contributed by atoms with van der Waals surface area (Å²) < 4.78 is 36.7. The molecule has 1 aromatic rings. The van der Waals surface area contributed by atoms with Gasteiger partial charge in [-0.15, -0.1) is 0 Å². The second-order valence-electron chi connectivity index (χ2n) is 4.46. The maximum Gasteiger partial charge on any atom is 0.401 e. The zero-order chi connectivity index (χ0) is 14.8. The maximum absolute atomic E-state index is 12.2. The van der Waals surface area contributed by atoms with Crippen LogP contribution < -0.4 is 4.90 Å². The van der Waals surface area contributed by atoms with Gasteiger partial charge < -0.3 is 10.0 Å². The minimum atomic E-state index is -4.19. The summed E-state index contributed by atoms with van der Waals surface area (Å²) in [4.78, 5) is 21.5. The van der Waals surface area contributed by atoms with Gasteiger partial charge in [0, 0.05) is 38.6 Å². The second-order valence-corrected chi connectivity index (χ2v) is 4.46. The fourth-order valence-electron chi connectivity index (χ4n) is 1.95. The number of piperazine rings is 1. The van der Waals surface area contributed by atoms with E-state index in [1.807, 2.05) is 0 Å². The van der Waals surface area contributed by atoms with Crippen molar-refractivity contribution < 1.29 is 23.1 Å². The first-order chi connectivity index (χ1) is 9.35. The molecule has 0 unspecified atom stereocenters. The van der Waals surface area contributed by atoms with Crippen molar-refractivity contribution in [2.75, 3.05) is 37.6 Å². The molecule has 1 aromatic heterocycles. The summed E-state index contributed by atoms with van der Waals surface area (Å²) in [5.74, 6) is -0.784. The summed E-state index contributed by atoms with van der Waals surface area (Å²) in [6, 6.07) is 0. The number of hydrogen-bond acceptors (Lipinski definition) is 5. The smallest absolute Gasteiger partial charge is 0.401 e. The van der Waals surface area contributed by atoms with Gasteiger partial charge in [0.05, 0.1) is 12.1 Å². The average Bonchev–Trinajstić information content (AvgIpc) is 2.38. The number of nitrogens with zero attached hydrogens (tertiary/aromatic N) is 4. The van der Waals surface area contributed by atoms with Crippen LogP contribution in [0.1, 0.15) is 10.4 Å². The Labute approximate surface area is 112 Å². The number of carbonyl (C=O) groups is 1. The number of carboxylic acids is 1. The molecule has 0 amide bonds. The standard InChI is InChI=1S/C11H13F3N4O2/c12-11(13,14)7-17-1-3-18(4-2-17)10-15-5-8(6-16-10)9(19)20/h5-6H,1-4,7H2,(H,19,20). The van der Waals surface area contributed by atoms with E-state index in [0.717, 1.165) is 0 Å². The molecule has 0 spiro atoms. The molecular formula is C11H13F3N4O2. The summed E-state index contributed by atoms with van der Waals surface area (Å²) in [6.07, 6.45) is -1.82. The van der Waals surface area contributed by atoms with Gasteiger partial charge in [-0.05, 0) is 0 Å². The molecule has 1 fully saturated rings. The van der Waals surface area contributed by atoms with E-state index in [0.29, 0.717) is 19.0 Å². The molecule has 0 aromatic carbocycles. The zero-order valence-electron chi connectivity index (χ0n) is 10.5. The number of alkyl halides is 3. The minimum Gasteiger partial charge on any atom is -0.478 e. The van der Waals surface area contributed by atoms with Crippen LogP contribution in [-0.4, -0.2) is 64.8 Å². The highest BCUT2D eigenvalue weighted by Gasteiger charge is 2.32. The number of hydrogen-bond donors (Lipinski definition) is 1. The lowest BCUT2D eigenvalue weighted by Gasteiger charge is -2.34. The van der Waals surface area contributed by atoms with Crippen LogP contribution in [-0.2, 0) is 0 Å². The highest BCUT2D eigenvalue weighted by molar-refractivity contribution is 5.86. The molecule has 2 rings (SSSR count). The third-order valence-electron chi connectivity index (χ3n) is 2.94. The molecule has 2 heterocycles. The topological polar surface area (TPSA) is 69.6 Å². The molecule has 0 saturated carbocycles. The van der Waals surface area contributed by atoms with Crippen LogP contribution in [0, 0.1) is 0 Å². The quantitative estimate of drug-likeness (QED) is 0.890. The van der Waals surface area contributed by atoms with Crippen molar-refractivity contribution in [3.05, 3.63) is 18.0 Å². The predicted molar refractivity (Wildman–Crippen MR) is 63.7 cm³/mol. The molecule has 20 heavy (non-hydrogen) atoms. The molecular weight excluding hydrogens is 277 g/mol. The van der Waals surface area contributed by atoms with E-state index in [1.54, 1.807) is 4.90 Å². The predicted octanol–water partition coefficient (Wildman–Crippen LogP) is 0.859. The molecule has 0 atom stereocenters. The van der Waals surface area contributed by atoms with Crippen molar-refractivity contribution in [2.24, 2.45) is 0 Å². The van der Waals surface area contributed by atoms with Crippen LogP contribution in [0.15, 0.2) is 12.4 Å². The lowest BCUT2D eigenvalue weighted by molar-refractivity contribution is -0.146. The highest BCUT2D eigenvalue weighted by atomic mass is 19.4. The van der Waals surface area contributed by atoms with E-state index < -0.39 is 18.7 Å². The number of aromatic carboxylic acids is 1.